The van der Waals surface area contributed by atoms with Crippen molar-refractivity contribution in [3.8, 4) is 0 Å². The minimum Gasteiger partial charge on any atom is -0.405 e. The predicted octanol–water partition coefficient (Wildman–Crippen LogP) is 5.52. The van der Waals surface area contributed by atoms with Gasteiger partial charge in [-0.25, -0.2) is 0 Å². The molecule has 0 unspecified atom stereocenters. The van der Waals surface area contributed by atoms with Crippen LogP contribution in [0.4, 0.5) is 0 Å². The summed E-state index contributed by atoms with van der Waals surface area (Å²) in [6.45, 7) is 9.87. The first kappa shape index (κ1) is 24.2. The monoisotopic (exact) mass is 463 g/mol. The molecule has 0 saturated carbocycles. The topological polar surface area (TPSA) is 29.5 Å². The Balaban J connectivity index is 1.65. The molecule has 2 heterocycles. The number of hydrogen-bond donors (Lipinski definition) is 0. The van der Waals surface area contributed by atoms with Crippen molar-refractivity contribution in [1.82, 2.24) is 4.90 Å². The van der Waals surface area contributed by atoms with Gasteiger partial charge in [0.15, 0.2) is 0 Å². The molecule has 178 valence electrons. The van der Waals surface area contributed by atoms with Crippen molar-refractivity contribution in [1.29, 1.82) is 0 Å². The summed E-state index contributed by atoms with van der Waals surface area (Å²) in [6, 6.07) is 22.3. The van der Waals surface area contributed by atoms with Crippen molar-refractivity contribution in [3.05, 3.63) is 60.7 Å². The van der Waals surface area contributed by atoms with E-state index in [1.807, 2.05) is 0 Å². The summed E-state index contributed by atoms with van der Waals surface area (Å²) in [7, 11) is -2.58. The minimum atomic E-state index is -2.58. The highest BCUT2D eigenvalue weighted by Crippen LogP contribution is 2.41. The quantitative estimate of drug-likeness (QED) is 0.482. The molecule has 0 N–H and O–H groups in total. The van der Waals surface area contributed by atoms with Crippen LogP contribution in [0.5, 0.6) is 0 Å². The van der Waals surface area contributed by atoms with Gasteiger partial charge in [-0.15, -0.1) is 0 Å². The van der Waals surface area contributed by atoms with Gasteiger partial charge >= 0.3 is 0 Å². The number of rotatable bonds is 8. The molecule has 0 aromatic heterocycles. The Kier molecular flexibility index (Phi) is 7.45. The van der Waals surface area contributed by atoms with E-state index in [0.29, 0.717) is 30.9 Å². The molecule has 0 aliphatic carbocycles. The second kappa shape index (κ2) is 10.1. The molecule has 2 aromatic carbocycles. The summed E-state index contributed by atoms with van der Waals surface area (Å²) in [5.74, 6) is 1.01. The van der Waals surface area contributed by atoms with Crippen LogP contribution in [0, 0.1) is 5.92 Å². The first-order chi connectivity index (χ1) is 15.9. The van der Waals surface area contributed by atoms with Crippen molar-refractivity contribution < 1.29 is 9.22 Å². The lowest BCUT2D eigenvalue weighted by Gasteiger charge is -2.47. The second-order valence-electron chi connectivity index (χ2n) is 11.0. The maximum Gasteiger partial charge on any atom is 0.261 e. The minimum absolute atomic E-state index is 0.0392. The Morgan fingerprint density at radius 3 is 2.09 bits per heavy atom. The smallest absolute Gasteiger partial charge is 0.261 e. The van der Waals surface area contributed by atoms with Crippen molar-refractivity contribution >= 4 is 24.6 Å². The molecule has 0 spiro atoms. The van der Waals surface area contributed by atoms with Crippen LogP contribution in [0.1, 0.15) is 72.6 Å². The van der Waals surface area contributed by atoms with E-state index in [2.05, 4.69) is 93.3 Å². The number of hydrogen-bond acceptors (Lipinski definition) is 2. The van der Waals surface area contributed by atoms with E-state index < -0.39 is 8.32 Å². The van der Waals surface area contributed by atoms with Gasteiger partial charge in [0.25, 0.3) is 8.32 Å². The van der Waals surface area contributed by atoms with Crippen molar-refractivity contribution in [2.45, 2.75) is 89.8 Å². The number of piperidine rings is 1. The van der Waals surface area contributed by atoms with Crippen molar-refractivity contribution in [2.24, 2.45) is 5.92 Å². The lowest BCUT2D eigenvalue weighted by molar-refractivity contribution is -0.135. The molecular formula is C29H41NO2Si. The van der Waals surface area contributed by atoms with Crippen LogP contribution in [-0.2, 0) is 9.22 Å². The Morgan fingerprint density at radius 1 is 0.939 bits per heavy atom. The van der Waals surface area contributed by atoms with Crippen molar-refractivity contribution in [3.63, 3.8) is 0 Å². The van der Waals surface area contributed by atoms with E-state index in [4.69, 9.17) is 4.43 Å². The highest BCUT2D eigenvalue weighted by molar-refractivity contribution is 6.99. The fourth-order valence-corrected chi connectivity index (χ4v) is 10.9. The molecule has 1 amide bonds. The highest BCUT2D eigenvalue weighted by atomic mass is 28.4. The summed E-state index contributed by atoms with van der Waals surface area (Å²) < 4.78 is 7.22. The molecule has 0 bridgehead atoms. The first-order valence-corrected chi connectivity index (χ1v) is 14.9. The summed E-state index contributed by atoms with van der Waals surface area (Å²) in [5, 5.41) is 2.58. The third kappa shape index (κ3) is 4.70. The third-order valence-corrected chi connectivity index (χ3v) is 12.9. The van der Waals surface area contributed by atoms with Crippen molar-refractivity contribution in [2.75, 3.05) is 6.61 Å². The number of fused-ring (bicyclic) bond motifs is 1. The molecule has 3 atom stereocenters. The van der Waals surface area contributed by atoms with E-state index >= 15 is 0 Å². The molecule has 0 radical (unpaired) electrons. The maximum absolute atomic E-state index is 13.0. The molecular weight excluding hydrogens is 422 g/mol. The number of amides is 1. The van der Waals surface area contributed by atoms with E-state index in [-0.39, 0.29) is 11.1 Å². The zero-order chi connectivity index (χ0) is 23.5. The molecule has 2 aromatic rings. The zero-order valence-corrected chi connectivity index (χ0v) is 21.9. The number of unbranched alkanes of at least 4 members (excludes halogenated alkanes) is 1. The maximum atomic E-state index is 13.0. The standard InChI is InChI=1S/C29H41NO2Si/c1-5-6-13-23-18-19-24(30-27(23)20-21-28(30)31)22-32-33(29(2,3)4,25-14-9-7-10-15-25)26-16-11-8-12-17-26/h7-12,14-17,23-24,27H,5-6,13,18-22H2,1-4H3/t23-,24+,27+/m1/s1. The number of carbonyl (C=O) groups excluding carboxylic acids is 1. The first-order valence-electron chi connectivity index (χ1n) is 12.9. The van der Waals surface area contributed by atoms with Crippen LogP contribution in [0.2, 0.25) is 5.04 Å². The van der Waals surface area contributed by atoms with Gasteiger partial charge in [0.2, 0.25) is 5.91 Å². The second-order valence-corrected chi connectivity index (χ2v) is 15.3. The number of carbonyl (C=O) groups is 1. The molecule has 2 aliphatic rings. The van der Waals surface area contributed by atoms with E-state index in [1.165, 1.54) is 36.1 Å². The van der Waals surface area contributed by atoms with Gasteiger partial charge in [0.05, 0.1) is 12.6 Å². The Labute approximate surface area is 201 Å². The number of nitrogens with zero attached hydrogens (tertiary/aromatic N) is 1. The fourth-order valence-electron chi connectivity index (χ4n) is 6.35. The predicted molar refractivity (Wildman–Crippen MR) is 139 cm³/mol. The Bertz CT molecular complexity index is 869. The zero-order valence-electron chi connectivity index (χ0n) is 20.9. The van der Waals surface area contributed by atoms with Crippen LogP contribution < -0.4 is 10.4 Å². The highest BCUT2D eigenvalue weighted by Gasteiger charge is 2.51. The summed E-state index contributed by atoms with van der Waals surface area (Å²) >= 11 is 0. The molecule has 3 nitrogen and oxygen atoms in total. The van der Waals surface area contributed by atoms with Crippen LogP contribution in [-0.4, -0.2) is 37.8 Å². The fraction of sp³-hybridized carbons (Fsp3) is 0.552. The molecule has 2 fully saturated rings. The van der Waals surface area contributed by atoms with E-state index in [1.54, 1.807) is 0 Å². The van der Waals surface area contributed by atoms with Gasteiger partial charge in [-0.3, -0.25) is 4.79 Å². The van der Waals surface area contributed by atoms with Crippen LogP contribution >= 0.6 is 0 Å². The largest absolute Gasteiger partial charge is 0.405 e. The molecule has 33 heavy (non-hydrogen) atoms. The lowest BCUT2D eigenvalue weighted by Crippen LogP contribution is -2.67. The molecule has 4 heteroatoms. The van der Waals surface area contributed by atoms with Crippen LogP contribution in [0.15, 0.2) is 60.7 Å². The molecule has 2 aliphatic heterocycles. The number of benzene rings is 2. The summed E-state index contributed by atoms with van der Waals surface area (Å²) in [4.78, 5) is 15.2. The molecule has 2 saturated heterocycles. The van der Waals surface area contributed by atoms with Gasteiger partial charge < -0.3 is 9.33 Å². The lowest BCUT2D eigenvalue weighted by atomic mass is 9.83. The normalized spacial score (nSPS) is 23.6. The van der Waals surface area contributed by atoms with Gasteiger partial charge in [-0.1, -0.05) is 101 Å². The SMILES string of the molecule is CCCC[C@@H]1CC[C@@H](CO[Si](c2ccccc2)(c2ccccc2)C(C)(C)C)N2C(=O)CC[C@@H]12. The average molecular weight is 464 g/mol. The third-order valence-electron chi connectivity index (χ3n) is 7.94. The average Bonchev–Trinajstić information content (AvgIpc) is 3.21. The molecule has 4 rings (SSSR count). The van der Waals surface area contributed by atoms with Crippen LogP contribution in [0.25, 0.3) is 0 Å². The van der Waals surface area contributed by atoms with E-state index in [9.17, 15) is 4.79 Å². The summed E-state index contributed by atoms with van der Waals surface area (Å²) in [5.41, 5.74) is 0. The Morgan fingerprint density at radius 2 is 1.55 bits per heavy atom. The van der Waals surface area contributed by atoms with Gasteiger partial charge in [0.1, 0.15) is 0 Å². The van der Waals surface area contributed by atoms with Gasteiger partial charge in [-0.2, -0.15) is 0 Å². The van der Waals surface area contributed by atoms with Crippen LogP contribution in [0.3, 0.4) is 0 Å². The van der Waals surface area contributed by atoms with Gasteiger partial charge in [-0.05, 0) is 47.0 Å². The Hall–Kier alpha value is -1.91. The van der Waals surface area contributed by atoms with Gasteiger partial charge in [0, 0.05) is 12.5 Å². The summed E-state index contributed by atoms with van der Waals surface area (Å²) in [6.07, 6.45) is 7.79. The van der Waals surface area contributed by atoms with E-state index in [0.717, 1.165) is 12.8 Å².